The lowest BCUT2D eigenvalue weighted by atomic mass is 10.2. The molecular weight excluding hydrogens is 296 g/mol. The van der Waals surface area contributed by atoms with Crippen molar-refractivity contribution in [1.29, 1.82) is 0 Å². The molecule has 0 spiro atoms. The van der Waals surface area contributed by atoms with Crippen LogP contribution < -0.4 is 15.8 Å². The molecule has 1 heterocycles. The number of nitrogens with one attached hydrogen (secondary N) is 1. The van der Waals surface area contributed by atoms with Gasteiger partial charge in [-0.1, -0.05) is 12.1 Å². The SMILES string of the molecule is COc1nc(Nc2cccc(CN)c2)ncc1Br. The molecule has 2 rings (SSSR count). The summed E-state index contributed by atoms with van der Waals surface area (Å²) in [6, 6.07) is 7.78. The van der Waals surface area contributed by atoms with Crippen LogP contribution in [0.5, 0.6) is 5.88 Å². The Bertz CT molecular complexity index is 547. The molecule has 18 heavy (non-hydrogen) atoms. The van der Waals surface area contributed by atoms with E-state index in [0.717, 1.165) is 11.3 Å². The minimum atomic E-state index is 0.476. The van der Waals surface area contributed by atoms with E-state index in [9.17, 15) is 0 Å². The Morgan fingerprint density at radius 3 is 3.00 bits per heavy atom. The van der Waals surface area contributed by atoms with E-state index in [4.69, 9.17) is 10.5 Å². The van der Waals surface area contributed by atoms with Crippen LogP contribution in [0.3, 0.4) is 0 Å². The Morgan fingerprint density at radius 1 is 1.44 bits per heavy atom. The van der Waals surface area contributed by atoms with Crippen LogP contribution in [0, 0.1) is 0 Å². The molecule has 0 radical (unpaired) electrons. The summed E-state index contributed by atoms with van der Waals surface area (Å²) in [5.74, 6) is 0.965. The maximum absolute atomic E-state index is 5.59. The van der Waals surface area contributed by atoms with Crippen LogP contribution in [-0.4, -0.2) is 17.1 Å². The predicted octanol–water partition coefficient (Wildman–Crippen LogP) is 2.45. The lowest BCUT2D eigenvalue weighted by molar-refractivity contribution is 0.394. The van der Waals surface area contributed by atoms with Gasteiger partial charge in [0, 0.05) is 12.2 Å². The number of anilines is 2. The average Bonchev–Trinajstić information content (AvgIpc) is 2.41. The summed E-state index contributed by atoms with van der Waals surface area (Å²) in [4.78, 5) is 8.38. The van der Waals surface area contributed by atoms with E-state index in [2.05, 4.69) is 31.2 Å². The number of hydrogen-bond donors (Lipinski definition) is 2. The third-order valence-electron chi connectivity index (χ3n) is 2.32. The minimum Gasteiger partial charge on any atom is -0.480 e. The van der Waals surface area contributed by atoms with Gasteiger partial charge in [-0.15, -0.1) is 0 Å². The Kier molecular flexibility index (Phi) is 4.11. The average molecular weight is 309 g/mol. The molecule has 0 saturated carbocycles. The lowest BCUT2D eigenvalue weighted by Gasteiger charge is -2.08. The number of ether oxygens (including phenoxy) is 1. The zero-order chi connectivity index (χ0) is 13.0. The van der Waals surface area contributed by atoms with Crippen molar-refractivity contribution in [3.63, 3.8) is 0 Å². The van der Waals surface area contributed by atoms with Crippen molar-refractivity contribution in [1.82, 2.24) is 9.97 Å². The molecule has 94 valence electrons. The molecule has 1 aromatic heterocycles. The number of aromatic nitrogens is 2. The number of nitrogens with two attached hydrogens (primary N) is 1. The van der Waals surface area contributed by atoms with Crippen LogP contribution in [0.25, 0.3) is 0 Å². The van der Waals surface area contributed by atoms with Gasteiger partial charge >= 0.3 is 0 Å². The van der Waals surface area contributed by atoms with Crippen LogP contribution in [0.4, 0.5) is 11.6 Å². The van der Waals surface area contributed by atoms with Gasteiger partial charge in [0.2, 0.25) is 11.8 Å². The normalized spacial score (nSPS) is 10.2. The molecule has 5 nitrogen and oxygen atoms in total. The maximum Gasteiger partial charge on any atom is 0.232 e. The first-order valence-electron chi connectivity index (χ1n) is 5.35. The van der Waals surface area contributed by atoms with Gasteiger partial charge in [0.05, 0.1) is 17.8 Å². The molecule has 0 fully saturated rings. The van der Waals surface area contributed by atoms with E-state index in [1.165, 1.54) is 0 Å². The van der Waals surface area contributed by atoms with Gasteiger partial charge < -0.3 is 15.8 Å². The van der Waals surface area contributed by atoms with Gasteiger partial charge in [-0.05, 0) is 33.6 Å². The zero-order valence-electron chi connectivity index (χ0n) is 9.85. The molecule has 0 atom stereocenters. The van der Waals surface area contributed by atoms with E-state index in [-0.39, 0.29) is 0 Å². The lowest BCUT2D eigenvalue weighted by Crippen LogP contribution is -2.01. The van der Waals surface area contributed by atoms with Gasteiger partial charge in [-0.2, -0.15) is 4.98 Å². The first-order valence-corrected chi connectivity index (χ1v) is 6.15. The molecule has 1 aromatic carbocycles. The highest BCUT2D eigenvalue weighted by atomic mass is 79.9. The third-order valence-corrected chi connectivity index (χ3v) is 2.87. The predicted molar refractivity (Wildman–Crippen MR) is 73.9 cm³/mol. The van der Waals surface area contributed by atoms with Crippen molar-refractivity contribution >= 4 is 27.6 Å². The van der Waals surface area contributed by atoms with E-state index in [1.54, 1.807) is 13.3 Å². The highest BCUT2D eigenvalue weighted by Gasteiger charge is 2.05. The summed E-state index contributed by atoms with van der Waals surface area (Å²) in [5.41, 5.74) is 7.53. The van der Waals surface area contributed by atoms with E-state index >= 15 is 0 Å². The van der Waals surface area contributed by atoms with Crippen molar-refractivity contribution in [2.75, 3.05) is 12.4 Å². The Balaban J connectivity index is 2.22. The Morgan fingerprint density at radius 2 is 2.28 bits per heavy atom. The molecule has 2 aromatic rings. The fourth-order valence-electron chi connectivity index (χ4n) is 1.46. The number of benzene rings is 1. The van der Waals surface area contributed by atoms with Crippen LogP contribution >= 0.6 is 15.9 Å². The van der Waals surface area contributed by atoms with Crippen molar-refractivity contribution in [3.8, 4) is 5.88 Å². The first-order chi connectivity index (χ1) is 8.72. The number of halogens is 1. The smallest absolute Gasteiger partial charge is 0.232 e. The second kappa shape index (κ2) is 5.79. The molecule has 0 amide bonds. The number of rotatable bonds is 4. The summed E-state index contributed by atoms with van der Waals surface area (Å²) < 4.78 is 5.82. The van der Waals surface area contributed by atoms with Gasteiger partial charge in [-0.25, -0.2) is 4.98 Å². The van der Waals surface area contributed by atoms with Gasteiger partial charge in [0.1, 0.15) is 0 Å². The number of hydrogen-bond acceptors (Lipinski definition) is 5. The molecule has 6 heteroatoms. The van der Waals surface area contributed by atoms with Crippen LogP contribution in [0.15, 0.2) is 34.9 Å². The summed E-state index contributed by atoms with van der Waals surface area (Å²) in [6.45, 7) is 0.500. The number of methoxy groups -OCH3 is 1. The van der Waals surface area contributed by atoms with Gasteiger partial charge in [0.15, 0.2) is 0 Å². The van der Waals surface area contributed by atoms with Crippen molar-refractivity contribution in [3.05, 3.63) is 40.5 Å². The molecule has 0 aliphatic heterocycles. The summed E-state index contributed by atoms with van der Waals surface area (Å²) in [7, 11) is 1.56. The van der Waals surface area contributed by atoms with Crippen LogP contribution in [-0.2, 0) is 6.54 Å². The Labute approximate surface area is 114 Å². The first kappa shape index (κ1) is 12.8. The molecule has 0 bridgehead atoms. The summed E-state index contributed by atoms with van der Waals surface area (Å²) in [5, 5.41) is 3.10. The van der Waals surface area contributed by atoms with Crippen LogP contribution in [0.1, 0.15) is 5.56 Å². The molecule has 0 saturated heterocycles. The van der Waals surface area contributed by atoms with Gasteiger partial charge in [-0.3, -0.25) is 0 Å². The molecule has 3 N–H and O–H groups in total. The molecule has 0 aliphatic carbocycles. The molecule has 0 aliphatic rings. The van der Waals surface area contributed by atoms with Crippen molar-refractivity contribution in [2.24, 2.45) is 5.73 Å². The maximum atomic E-state index is 5.59. The van der Waals surface area contributed by atoms with Crippen LogP contribution in [0.2, 0.25) is 0 Å². The fourth-order valence-corrected chi connectivity index (χ4v) is 1.81. The topological polar surface area (TPSA) is 73.1 Å². The number of nitrogens with zero attached hydrogens (tertiary/aromatic N) is 2. The van der Waals surface area contributed by atoms with Crippen molar-refractivity contribution in [2.45, 2.75) is 6.54 Å². The quantitative estimate of drug-likeness (QED) is 0.907. The highest BCUT2D eigenvalue weighted by Crippen LogP contribution is 2.23. The van der Waals surface area contributed by atoms with Gasteiger partial charge in [0.25, 0.3) is 0 Å². The zero-order valence-corrected chi connectivity index (χ0v) is 11.4. The van der Waals surface area contributed by atoms with E-state index < -0.39 is 0 Å². The molecular formula is C12H13BrN4O. The minimum absolute atomic E-state index is 0.476. The summed E-state index contributed by atoms with van der Waals surface area (Å²) >= 11 is 3.30. The third kappa shape index (κ3) is 2.96. The largest absolute Gasteiger partial charge is 0.480 e. The molecule has 0 unspecified atom stereocenters. The Hall–Kier alpha value is -1.66. The van der Waals surface area contributed by atoms with Crippen molar-refractivity contribution < 1.29 is 4.74 Å². The van der Waals surface area contributed by atoms with E-state index in [1.807, 2.05) is 24.3 Å². The highest BCUT2D eigenvalue weighted by molar-refractivity contribution is 9.10. The fraction of sp³-hybridized carbons (Fsp3) is 0.167. The standard InChI is InChI=1S/C12H13BrN4O/c1-18-11-10(13)7-15-12(17-11)16-9-4-2-3-8(5-9)6-14/h2-5,7H,6,14H2,1H3,(H,15,16,17). The van der Waals surface area contributed by atoms with E-state index in [0.29, 0.717) is 22.8 Å². The second-order valence-corrected chi connectivity index (χ2v) is 4.43. The second-order valence-electron chi connectivity index (χ2n) is 3.58. The monoisotopic (exact) mass is 308 g/mol. The summed E-state index contributed by atoms with van der Waals surface area (Å²) in [6.07, 6.45) is 1.64.